The maximum atomic E-state index is 10.9. The van der Waals surface area contributed by atoms with Crippen LogP contribution in [-0.4, -0.2) is 95.4 Å². The maximum Gasteiger partial charge on any atom is 0.333 e. The first-order valence-corrected chi connectivity index (χ1v) is 9.47. The zero-order valence-electron chi connectivity index (χ0n) is 20.8. The van der Waals surface area contributed by atoms with Crippen molar-refractivity contribution in [1.29, 1.82) is 0 Å². The quantitative estimate of drug-likeness (QED) is 0.267. The fourth-order valence-corrected chi connectivity index (χ4v) is 1.07. The molecule has 0 atom stereocenters. The standard InChI is InChI=1S/2C9H18NO2.C4H7NO.ClH/c2*1-8(2)9(11)12-7-6-10(3,4)5;1-3(2)4(5)6;/h2*1,6-7H2,2-5H3;1H2,2H3,(H2,5,6);1H/q2*+1;;/p-2. The number of ether oxygens (including phenoxy) is 2. The van der Waals surface area contributed by atoms with Gasteiger partial charge in [-0.05, 0) is 26.3 Å². The molecule has 1 amide bonds. The van der Waals surface area contributed by atoms with E-state index < -0.39 is 5.91 Å². The Balaban J connectivity index is -0.000000183. The Morgan fingerprint density at radius 3 is 1.03 bits per heavy atom. The van der Waals surface area contributed by atoms with Crippen LogP contribution in [0.2, 0.25) is 0 Å². The lowest BCUT2D eigenvalue weighted by Crippen LogP contribution is -3.00. The first-order chi connectivity index (χ1) is 13.3. The minimum absolute atomic E-state index is 0. The van der Waals surface area contributed by atoms with Crippen molar-refractivity contribution in [2.24, 2.45) is 0 Å². The first kappa shape index (κ1) is 36.2. The first-order valence-electron chi connectivity index (χ1n) is 9.47. The number of halogens is 1. The SMILES string of the molecule is C=C(C)C(=O)OCC[N+](C)(C)C.C=C(C)C(=O)OCC[N+](C)(C)C.C=C(C)C([NH-])=O.[Cl-]. The van der Waals surface area contributed by atoms with E-state index in [1.807, 2.05) is 0 Å². The van der Waals surface area contributed by atoms with Crippen LogP contribution in [0.1, 0.15) is 20.8 Å². The lowest BCUT2D eigenvalue weighted by Gasteiger charge is -2.23. The van der Waals surface area contributed by atoms with E-state index in [0.29, 0.717) is 24.4 Å². The zero-order chi connectivity index (χ0) is 24.7. The number of hydrogen-bond acceptors (Lipinski definition) is 5. The third kappa shape index (κ3) is 32.7. The van der Waals surface area contributed by atoms with Gasteiger partial charge in [0.1, 0.15) is 26.3 Å². The minimum Gasteiger partial charge on any atom is -1.00 e. The summed E-state index contributed by atoms with van der Waals surface area (Å²) in [6, 6.07) is 0. The molecule has 0 aromatic heterocycles. The fraction of sp³-hybridized carbons (Fsp3) is 0.591. The number of quaternary nitrogens is 2. The summed E-state index contributed by atoms with van der Waals surface area (Å²) in [7, 11) is 12.3. The molecule has 0 fully saturated rings. The number of esters is 2. The molecule has 9 heteroatoms. The van der Waals surface area contributed by atoms with E-state index in [-0.39, 0.29) is 29.9 Å². The number of carbonyl (C=O) groups excluding carboxylic acids is 3. The number of hydrogen-bond donors (Lipinski definition) is 0. The van der Waals surface area contributed by atoms with Crippen molar-refractivity contribution in [2.45, 2.75) is 20.8 Å². The Kier molecular flexibility index (Phi) is 20.5. The largest absolute Gasteiger partial charge is 1.00 e. The number of nitrogens with one attached hydrogen (secondary N) is 1. The van der Waals surface area contributed by atoms with Crippen molar-refractivity contribution < 1.29 is 45.2 Å². The second-order valence-corrected chi connectivity index (χ2v) is 8.97. The van der Waals surface area contributed by atoms with Gasteiger partial charge in [-0.2, -0.15) is 0 Å². The fourth-order valence-electron chi connectivity index (χ4n) is 1.07. The molecule has 0 aromatic rings. The molecule has 0 saturated heterocycles. The number of nitrogens with zero attached hydrogens (tertiary/aromatic N) is 2. The van der Waals surface area contributed by atoms with E-state index in [0.717, 1.165) is 22.1 Å². The highest BCUT2D eigenvalue weighted by Crippen LogP contribution is 1.95. The van der Waals surface area contributed by atoms with Crippen LogP contribution in [-0.2, 0) is 23.9 Å². The number of carbonyl (C=O) groups is 3. The Morgan fingerprint density at radius 1 is 0.677 bits per heavy atom. The van der Waals surface area contributed by atoms with E-state index in [4.69, 9.17) is 15.2 Å². The predicted octanol–water partition coefficient (Wildman–Crippen LogP) is -0.231. The van der Waals surface area contributed by atoms with Crippen molar-refractivity contribution in [2.75, 3.05) is 68.6 Å². The van der Waals surface area contributed by atoms with Crippen LogP contribution in [0.3, 0.4) is 0 Å². The average Bonchev–Trinajstić information content (AvgIpc) is 2.53. The van der Waals surface area contributed by atoms with Gasteiger partial charge in [-0.15, -0.1) is 0 Å². The van der Waals surface area contributed by atoms with Gasteiger partial charge in [-0.25, -0.2) is 9.59 Å². The molecule has 0 heterocycles. The summed E-state index contributed by atoms with van der Waals surface area (Å²) in [5, 5.41) is 0. The second kappa shape index (κ2) is 17.5. The summed E-state index contributed by atoms with van der Waals surface area (Å²) >= 11 is 0. The predicted molar refractivity (Wildman–Crippen MR) is 121 cm³/mol. The maximum absolute atomic E-state index is 10.9. The average molecular weight is 464 g/mol. The summed E-state index contributed by atoms with van der Waals surface area (Å²) in [5.41, 5.74) is 7.49. The van der Waals surface area contributed by atoms with Gasteiger partial charge in [0.25, 0.3) is 0 Å². The minimum atomic E-state index is -0.685. The Bertz CT molecular complexity index is 564. The van der Waals surface area contributed by atoms with Gasteiger partial charge in [0.05, 0.1) is 48.2 Å². The molecule has 0 bridgehead atoms. The molecule has 182 valence electrons. The number of rotatable bonds is 9. The molecule has 0 rings (SSSR count). The third-order valence-corrected chi connectivity index (χ3v) is 3.08. The molecule has 0 aliphatic heterocycles. The van der Waals surface area contributed by atoms with Gasteiger partial charge in [0.2, 0.25) is 0 Å². The summed E-state index contributed by atoms with van der Waals surface area (Å²) in [4.78, 5) is 31.5. The third-order valence-electron chi connectivity index (χ3n) is 3.08. The van der Waals surface area contributed by atoms with Crippen molar-refractivity contribution >= 4 is 17.8 Å². The Labute approximate surface area is 194 Å². The summed E-state index contributed by atoms with van der Waals surface area (Å²) in [6.07, 6.45) is 0. The van der Waals surface area contributed by atoms with Gasteiger partial charge in [-0.3, -0.25) is 0 Å². The smallest absolute Gasteiger partial charge is 0.333 e. The molecule has 0 spiro atoms. The van der Waals surface area contributed by atoms with Gasteiger partial charge < -0.3 is 41.4 Å². The van der Waals surface area contributed by atoms with Crippen LogP contribution < -0.4 is 12.4 Å². The lowest BCUT2D eigenvalue weighted by molar-refractivity contribution is -0.870. The lowest BCUT2D eigenvalue weighted by atomic mass is 10.3. The molecule has 0 saturated carbocycles. The van der Waals surface area contributed by atoms with Crippen molar-refractivity contribution in [3.05, 3.63) is 42.2 Å². The van der Waals surface area contributed by atoms with Gasteiger partial charge in [-0.1, -0.05) is 19.7 Å². The highest BCUT2D eigenvalue weighted by atomic mass is 35.5. The van der Waals surface area contributed by atoms with E-state index in [1.54, 1.807) is 13.8 Å². The molecule has 0 radical (unpaired) electrons. The molecular weight excluding hydrogens is 422 g/mol. The molecular formula is C22H42ClN3O5. The molecule has 0 aliphatic rings. The van der Waals surface area contributed by atoms with Gasteiger partial charge in [0.15, 0.2) is 0 Å². The van der Waals surface area contributed by atoms with Crippen LogP contribution in [0.15, 0.2) is 36.5 Å². The van der Waals surface area contributed by atoms with Crippen molar-refractivity contribution in [3.63, 3.8) is 0 Å². The van der Waals surface area contributed by atoms with Crippen molar-refractivity contribution in [3.8, 4) is 0 Å². The monoisotopic (exact) mass is 463 g/mol. The van der Waals surface area contributed by atoms with E-state index in [1.165, 1.54) is 6.92 Å². The zero-order valence-corrected chi connectivity index (χ0v) is 21.5. The molecule has 0 aromatic carbocycles. The van der Waals surface area contributed by atoms with Crippen LogP contribution in [0.4, 0.5) is 0 Å². The molecule has 0 unspecified atom stereocenters. The van der Waals surface area contributed by atoms with Gasteiger partial charge in [0, 0.05) is 11.1 Å². The molecule has 1 N–H and O–H groups in total. The number of likely N-dealkylation sites (N-methyl/N-ethyl adjacent to an activating group) is 2. The number of amides is 1. The molecule has 31 heavy (non-hydrogen) atoms. The summed E-state index contributed by atoms with van der Waals surface area (Å²) in [5.74, 6) is -1.29. The van der Waals surface area contributed by atoms with Gasteiger partial charge >= 0.3 is 11.9 Å². The van der Waals surface area contributed by atoms with E-state index in [2.05, 4.69) is 62.0 Å². The second-order valence-electron chi connectivity index (χ2n) is 8.97. The molecule has 8 nitrogen and oxygen atoms in total. The highest BCUT2D eigenvalue weighted by Gasteiger charge is 2.10. The van der Waals surface area contributed by atoms with Crippen molar-refractivity contribution in [1.82, 2.24) is 0 Å². The Hall–Kier alpha value is -2.16. The van der Waals surface area contributed by atoms with E-state index in [9.17, 15) is 14.4 Å². The summed E-state index contributed by atoms with van der Waals surface area (Å²) < 4.78 is 11.4. The topological polar surface area (TPSA) is 93.5 Å². The molecule has 0 aliphatic carbocycles. The van der Waals surface area contributed by atoms with Crippen LogP contribution in [0.5, 0.6) is 0 Å². The Morgan fingerprint density at radius 2 is 0.903 bits per heavy atom. The van der Waals surface area contributed by atoms with Crippen LogP contribution in [0.25, 0.3) is 5.73 Å². The normalized spacial score (nSPS) is 9.97. The van der Waals surface area contributed by atoms with Crippen LogP contribution >= 0.6 is 0 Å². The van der Waals surface area contributed by atoms with Crippen LogP contribution in [0, 0.1) is 0 Å². The summed E-state index contributed by atoms with van der Waals surface area (Å²) in [6.45, 7) is 17.5. The van der Waals surface area contributed by atoms with E-state index >= 15 is 0 Å². The highest BCUT2D eigenvalue weighted by molar-refractivity contribution is 5.98.